The van der Waals surface area contributed by atoms with Crippen molar-refractivity contribution in [3.63, 3.8) is 0 Å². The molecule has 2 N–H and O–H groups in total. The van der Waals surface area contributed by atoms with Crippen molar-refractivity contribution in [2.45, 2.75) is 62.1 Å². The second-order valence-corrected chi connectivity index (χ2v) is 9.96. The van der Waals surface area contributed by atoms with Gasteiger partial charge < -0.3 is 15.5 Å². The summed E-state index contributed by atoms with van der Waals surface area (Å²) in [5, 5.41) is 7.83. The Kier molecular flexibility index (Phi) is 4.02. The lowest BCUT2D eigenvalue weighted by Crippen LogP contribution is -2.74. The van der Waals surface area contributed by atoms with Crippen molar-refractivity contribution in [1.82, 2.24) is 15.5 Å². The molecule has 4 heteroatoms. The molecular formula is C24H33N3O. The molecule has 5 aliphatic rings. The Hall–Kier alpha value is -1.23. The Morgan fingerprint density at radius 2 is 1.79 bits per heavy atom. The normalized spacial score (nSPS) is 45.2. The predicted molar refractivity (Wildman–Crippen MR) is 110 cm³/mol. The van der Waals surface area contributed by atoms with Gasteiger partial charge in [0.15, 0.2) is 0 Å². The Balaban J connectivity index is 1.62. The van der Waals surface area contributed by atoms with Crippen molar-refractivity contribution in [2.24, 2.45) is 17.8 Å². The summed E-state index contributed by atoms with van der Waals surface area (Å²) in [5.74, 6) is 1.59. The zero-order valence-corrected chi connectivity index (χ0v) is 17.0. The Morgan fingerprint density at radius 3 is 2.71 bits per heavy atom. The van der Waals surface area contributed by atoms with Crippen molar-refractivity contribution in [3.05, 3.63) is 35.4 Å². The van der Waals surface area contributed by atoms with Gasteiger partial charge in [-0.2, -0.15) is 0 Å². The molecule has 7 atom stereocenters. The van der Waals surface area contributed by atoms with Gasteiger partial charge >= 0.3 is 0 Å². The summed E-state index contributed by atoms with van der Waals surface area (Å²) in [6.07, 6.45) is 7.01. The van der Waals surface area contributed by atoms with E-state index in [1.807, 2.05) is 0 Å². The lowest BCUT2D eigenvalue weighted by Gasteiger charge is -2.62. The number of likely N-dealkylation sites (tertiary alicyclic amines) is 1. The van der Waals surface area contributed by atoms with Crippen LogP contribution in [0.1, 0.15) is 55.7 Å². The van der Waals surface area contributed by atoms with E-state index in [0.29, 0.717) is 29.8 Å². The first-order valence-electron chi connectivity index (χ1n) is 11.5. The van der Waals surface area contributed by atoms with Crippen LogP contribution >= 0.6 is 0 Å². The van der Waals surface area contributed by atoms with Crippen LogP contribution in [0.5, 0.6) is 0 Å². The molecule has 0 aromatic heterocycles. The predicted octanol–water partition coefficient (Wildman–Crippen LogP) is 2.64. The monoisotopic (exact) mass is 379 g/mol. The van der Waals surface area contributed by atoms with E-state index >= 15 is 0 Å². The van der Waals surface area contributed by atoms with Crippen LogP contribution in [0.3, 0.4) is 0 Å². The summed E-state index contributed by atoms with van der Waals surface area (Å²) in [6.45, 7) is 3.31. The van der Waals surface area contributed by atoms with Crippen LogP contribution in [0.15, 0.2) is 24.3 Å². The highest BCUT2D eigenvalue weighted by Gasteiger charge is 2.68. The third-order valence-electron chi connectivity index (χ3n) is 8.91. The van der Waals surface area contributed by atoms with Crippen molar-refractivity contribution in [1.29, 1.82) is 0 Å². The smallest absolute Gasteiger partial charge is 0.142 e. The summed E-state index contributed by atoms with van der Waals surface area (Å²) in [6, 6.07) is 10.3. The molecule has 7 unspecified atom stereocenters. The lowest BCUT2D eigenvalue weighted by molar-refractivity contribution is -0.147. The van der Waals surface area contributed by atoms with Crippen LogP contribution in [-0.4, -0.2) is 49.4 Å². The molecule has 0 bridgehead atoms. The van der Waals surface area contributed by atoms with Crippen molar-refractivity contribution < 1.29 is 4.79 Å². The van der Waals surface area contributed by atoms with Crippen LogP contribution in [0, 0.1) is 17.8 Å². The zero-order chi connectivity index (χ0) is 18.9. The fraction of sp³-hybridized carbons (Fsp3) is 0.708. The molecule has 0 amide bonds. The summed E-state index contributed by atoms with van der Waals surface area (Å²) in [4.78, 5) is 16.2. The number of rotatable bonds is 0. The molecule has 1 spiro atoms. The average molecular weight is 380 g/mol. The van der Waals surface area contributed by atoms with E-state index in [4.69, 9.17) is 0 Å². The SMILES string of the molecule is CN1CCCC2C(=O)C3CCCNC3C3(c4ccccc4C4NCCCC43)C21. The lowest BCUT2D eigenvalue weighted by atomic mass is 9.49. The van der Waals surface area contributed by atoms with E-state index in [1.165, 1.54) is 18.4 Å². The zero-order valence-electron chi connectivity index (χ0n) is 17.0. The van der Waals surface area contributed by atoms with E-state index in [0.717, 1.165) is 45.3 Å². The van der Waals surface area contributed by atoms with Crippen LogP contribution in [0.25, 0.3) is 0 Å². The molecule has 1 aromatic carbocycles. The molecule has 1 saturated carbocycles. The molecule has 3 saturated heterocycles. The van der Waals surface area contributed by atoms with E-state index < -0.39 is 0 Å². The van der Waals surface area contributed by atoms with E-state index in [1.54, 1.807) is 5.56 Å². The molecule has 3 heterocycles. The minimum absolute atomic E-state index is 0.0630. The first kappa shape index (κ1) is 17.6. The number of benzene rings is 1. The third-order valence-corrected chi connectivity index (χ3v) is 8.91. The minimum atomic E-state index is 0.0630. The number of nitrogens with one attached hydrogen (secondary N) is 2. The van der Waals surface area contributed by atoms with Gasteiger partial charge in [0.2, 0.25) is 0 Å². The number of fused-ring (bicyclic) bond motifs is 9. The number of carbonyl (C=O) groups is 1. The maximum atomic E-state index is 13.7. The van der Waals surface area contributed by atoms with Crippen LogP contribution < -0.4 is 10.6 Å². The van der Waals surface area contributed by atoms with E-state index in [9.17, 15) is 4.79 Å². The average Bonchev–Trinajstić information content (AvgIpc) is 3.04. The Bertz CT molecular complexity index is 794. The molecular weight excluding hydrogens is 346 g/mol. The van der Waals surface area contributed by atoms with Crippen molar-refractivity contribution >= 4 is 5.78 Å². The second kappa shape index (κ2) is 6.38. The fourth-order valence-corrected chi connectivity index (χ4v) is 8.18. The highest BCUT2D eigenvalue weighted by Crippen LogP contribution is 2.62. The number of nitrogens with zero attached hydrogens (tertiary/aromatic N) is 1. The van der Waals surface area contributed by atoms with Gasteiger partial charge in [-0.05, 0) is 82.3 Å². The highest BCUT2D eigenvalue weighted by molar-refractivity contribution is 5.87. The molecule has 6 rings (SSSR count). The van der Waals surface area contributed by atoms with Gasteiger partial charge in [-0.1, -0.05) is 24.3 Å². The largest absolute Gasteiger partial charge is 0.312 e. The van der Waals surface area contributed by atoms with Crippen LogP contribution in [0.4, 0.5) is 0 Å². The number of piperidine rings is 3. The summed E-state index contributed by atoms with van der Waals surface area (Å²) < 4.78 is 0. The van der Waals surface area contributed by atoms with Gasteiger partial charge in [0.1, 0.15) is 5.78 Å². The molecule has 3 aliphatic heterocycles. The number of hydrogen-bond acceptors (Lipinski definition) is 4. The van der Waals surface area contributed by atoms with Gasteiger partial charge in [0.05, 0.1) is 0 Å². The van der Waals surface area contributed by atoms with Crippen molar-refractivity contribution in [2.75, 3.05) is 26.7 Å². The number of Topliss-reactive ketones (excluding diaryl/α,β-unsaturated/α-hetero) is 1. The van der Waals surface area contributed by atoms with E-state index in [-0.39, 0.29) is 17.3 Å². The quantitative estimate of drug-likeness (QED) is 0.727. The second-order valence-electron chi connectivity index (χ2n) is 9.96. The summed E-state index contributed by atoms with van der Waals surface area (Å²) in [7, 11) is 2.29. The molecule has 0 radical (unpaired) electrons. The van der Waals surface area contributed by atoms with Gasteiger partial charge in [0.25, 0.3) is 0 Å². The summed E-state index contributed by atoms with van der Waals surface area (Å²) >= 11 is 0. The molecule has 150 valence electrons. The maximum Gasteiger partial charge on any atom is 0.142 e. The molecule has 2 aliphatic carbocycles. The Morgan fingerprint density at radius 1 is 1.00 bits per heavy atom. The van der Waals surface area contributed by atoms with Gasteiger partial charge in [-0.25, -0.2) is 0 Å². The first-order valence-corrected chi connectivity index (χ1v) is 11.5. The topological polar surface area (TPSA) is 44.4 Å². The van der Waals surface area contributed by atoms with Gasteiger partial charge in [-0.3, -0.25) is 4.79 Å². The highest BCUT2D eigenvalue weighted by atomic mass is 16.1. The standard InChI is InChI=1S/C24H33N3O/c1-27-14-6-9-17-21(28)16-8-4-13-26-22(16)24(23(17)27)18-10-3-2-7-15(18)20-19(24)11-5-12-25-20/h2-3,7,10,16-17,19-20,22-23,25-26H,4-6,8-9,11-14H2,1H3. The Labute approximate surface area is 168 Å². The molecule has 28 heavy (non-hydrogen) atoms. The van der Waals surface area contributed by atoms with Crippen molar-refractivity contribution in [3.8, 4) is 0 Å². The number of hydrogen-bond donors (Lipinski definition) is 2. The van der Waals surface area contributed by atoms with Crippen LogP contribution in [0.2, 0.25) is 0 Å². The van der Waals surface area contributed by atoms with Gasteiger partial charge in [-0.15, -0.1) is 0 Å². The van der Waals surface area contributed by atoms with Crippen LogP contribution in [-0.2, 0) is 10.2 Å². The van der Waals surface area contributed by atoms with E-state index in [2.05, 4.69) is 46.8 Å². The molecule has 4 fully saturated rings. The minimum Gasteiger partial charge on any atom is -0.312 e. The third kappa shape index (κ3) is 2.09. The van der Waals surface area contributed by atoms with Gasteiger partial charge in [0, 0.05) is 35.4 Å². The number of likely N-dealkylation sites (N-methyl/N-ethyl adjacent to an activating group) is 1. The molecule has 1 aromatic rings. The fourth-order valence-electron chi connectivity index (χ4n) is 8.18. The molecule has 4 nitrogen and oxygen atoms in total. The number of ketones is 1. The maximum absolute atomic E-state index is 13.7. The number of carbonyl (C=O) groups excluding carboxylic acids is 1. The first-order chi connectivity index (χ1) is 13.7. The summed E-state index contributed by atoms with van der Waals surface area (Å²) in [5.41, 5.74) is 3.14.